The fourth-order valence-corrected chi connectivity index (χ4v) is 2.93. The van der Waals surface area contributed by atoms with Crippen LogP contribution in [0.1, 0.15) is 6.42 Å². The lowest BCUT2D eigenvalue weighted by Crippen LogP contribution is -1.63. The van der Waals surface area contributed by atoms with Crippen molar-refractivity contribution in [3.8, 4) is 0 Å². The number of aromatic amines is 1. The maximum absolute atomic E-state index is 2.86. The zero-order valence-corrected chi connectivity index (χ0v) is 7.38. The van der Waals surface area contributed by atoms with Gasteiger partial charge in [0.2, 0.25) is 0 Å². The number of rotatable bonds is 0. The van der Waals surface area contributed by atoms with E-state index >= 15 is 0 Å². The summed E-state index contributed by atoms with van der Waals surface area (Å²) in [4.78, 5) is 2.86. The van der Waals surface area contributed by atoms with E-state index in [4.69, 9.17) is 0 Å². The highest BCUT2D eigenvalue weighted by Gasteiger charge is 1.96. The predicted molar refractivity (Wildman–Crippen MR) is 50.3 cm³/mol. The largest absolute Gasteiger partial charge is 0.368 e. The normalized spacial score (nSPS) is 16.0. The van der Waals surface area contributed by atoms with Gasteiger partial charge in [-0.05, 0) is 18.6 Å². The molecule has 0 aromatic carbocycles. The summed E-state index contributed by atoms with van der Waals surface area (Å²) in [6.07, 6.45) is 5.18. The maximum Gasteiger partial charge on any atom is 0.00450 e. The van der Waals surface area contributed by atoms with Crippen molar-refractivity contribution < 1.29 is 0 Å². The smallest absolute Gasteiger partial charge is 0.00450 e. The van der Waals surface area contributed by atoms with Crippen LogP contribution in [-0.4, -0.2) is 16.5 Å². The highest BCUT2D eigenvalue weighted by Crippen LogP contribution is 2.29. The van der Waals surface area contributed by atoms with Crippen molar-refractivity contribution in [2.75, 3.05) is 11.5 Å². The number of hydrogen-bond donors (Lipinski definition) is 1. The quantitative estimate of drug-likeness (QED) is 0.607. The summed E-state index contributed by atoms with van der Waals surface area (Å²) in [5.74, 6) is 2.76. The van der Waals surface area contributed by atoms with E-state index in [9.17, 15) is 0 Å². The fraction of sp³-hybridized carbons (Fsp3) is 0.429. The number of nitrogens with one attached hydrogen (secondary N) is 1. The van der Waals surface area contributed by atoms with Crippen molar-refractivity contribution in [2.24, 2.45) is 0 Å². The maximum atomic E-state index is 2.86. The topological polar surface area (TPSA) is 15.8 Å². The van der Waals surface area contributed by atoms with Gasteiger partial charge in [-0.15, -0.1) is 0 Å². The number of hydrogen-bond acceptors (Lipinski definition) is 2. The van der Waals surface area contributed by atoms with Crippen LogP contribution in [0, 0.1) is 0 Å². The van der Waals surface area contributed by atoms with Gasteiger partial charge >= 0.3 is 0 Å². The molecule has 0 saturated carbocycles. The molecule has 2 heterocycles. The van der Waals surface area contributed by atoms with E-state index in [1.165, 1.54) is 17.9 Å². The van der Waals surface area contributed by atoms with Gasteiger partial charge in [-0.1, -0.05) is 21.6 Å². The molecule has 1 aliphatic rings. The Morgan fingerprint density at radius 1 is 1.00 bits per heavy atom. The highest BCUT2D eigenvalue weighted by molar-refractivity contribution is 8.77. The molecule has 0 radical (unpaired) electrons. The SMILES string of the molecule is C1CSSC1.c1cc[nH]c1. The Kier molecular flexibility index (Phi) is 4.64. The Balaban J connectivity index is 0.0000001000. The standard InChI is InChI=1S/C4H5N.C3H6S2/c2*1-2-4-5-3-1/h1-5H;1-3H2. The Morgan fingerprint density at radius 3 is 1.80 bits per heavy atom. The second-order valence-electron chi connectivity index (χ2n) is 1.88. The molecular formula is C7H11NS2. The summed E-state index contributed by atoms with van der Waals surface area (Å²) in [6.45, 7) is 0. The monoisotopic (exact) mass is 173 g/mol. The van der Waals surface area contributed by atoms with Gasteiger partial charge in [0.15, 0.2) is 0 Å². The van der Waals surface area contributed by atoms with Crippen molar-refractivity contribution in [3.05, 3.63) is 24.5 Å². The first-order valence-electron chi connectivity index (χ1n) is 3.32. The summed E-state index contributed by atoms with van der Waals surface area (Å²) >= 11 is 0. The van der Waals surface area contributed by atoms with Crippen LogP contribution in [0.25, 0.3) is 0 Å². The van der Waals surface area contributed by atoms with E-state index in [1.807, 2.05) is 46.1 Å². The predicted octanol–water partition coefficient (Wildman–Crippen LogP) is 2.79. The van der Waals surface area contributed by atoms with Gasteiger partial charge in [0.1, 0.15) is 0 Å². The second-order valence-corrected chi connectivity index (χ2v) is 4.58. The molecule has 1 fully saturated rings. The fourth-order valence-electron chi connectivity index (χ4n) is 0.572. The summed E-state index contributed by atoms with van der Waals surface area (Å²) in [5.41, 5.74) is 0. The van der Waals surface area contributed by atoms with Crippen molar-refractivity contribution in [1.82, 2.24) is 4.98 Å². The molecule has 0 aliphatic carbocycles. The molecule has 0 amide bonds. The Labute approximate surface area is 69.4 Å². The van der Waals surface area contributed by atoms with Crippen LogP contribution in [0.5, 0.6) is 0 Å². The zero-order chi connectivity index (χ0) is 7.07. The first-order valence-corrected chi connectivity index (χ1v) is 5.81. The number of aromatic nitrogens is 1. The minimum absolute atomic E-state index is 1.38. The lowest BCUT2D eigenvalue weighted by atomic mass is 10.6. The molecule has 0 bridgehead atoms. The van der Waals surface area contributed by atoms with Crippen molar-refractivity contribution >= 4 is 21.6 Å². The Hall–Kier alpha value is -0.0200. The molecule has 1 aromatic rings. The molecule has 3 heteroatoms. The first kappa shape index (κ1) is 8.08. The second kappa shape index (κ2) is 5.74. The van der Waals surface area contributed by atoms with Crippen molar-refractivity contribution in [2.45, 2.75) is 6.42 Å². The van der Waals surface area contributed by atoms with Crippen molar-refractivity contribution in [3.63, 3.8) is 0 Å². The lowest BCUT2D eigenvalue weighted by Gasteiger charge is -1.69. The average Bonchev–Trinajstić information content (AvgIpc) is 2.67. The third kappa shape index (κ3) is 3.90. The van der Waals surface area contributed by atoms with E-state index in [1.54, 1.807) is 0 Å². The Morgan fingerprint density at radius 2 is 1.60 bits per heavy atom. The van der Waals surface area contributed by atoms with Gasteiger partial charge in [0.25, 0.3) is 0 Å². The summed E-state index contributed by atoms with van der Waals surface area (Å²) in [6, 6.07) is 3.89. The molecule has 10 heavy (non-hydrogen) atoms. The molecule has 1 nitrogen and oxygen atoms in total. The van der Waals surface area contributed by atoms with Gasteiger partial charge < -0.3 is 4.98 Å². The molecule has 0 atom stereocenters. The molecular weight excluding hydrogens is 162 g/mol. The van der Waals surface area contributed by atoms with Crippen LogP contribution in [-0.2, 0) is 0 Å². The molecule has 1 N–H and O–H groups in total. The van der Waals surface area contributed by atoms with Gasteiger partial charge in [-0.25, -0.2) is 0 Å². The highest BCUT2D eigenvalue weighted by atomic mass is 33.1. The van der Waals surface area contributed by atoms with Crippen LogP contribution in [0.2, 0.25) is 0 Å². The first-order chi connectivity index (χ1) is 5.00. The van der Waals surface area contributed by atoms with Crippen LogP contribution in [0.15, 0.2) is 24.5 Å². The van der Waals surface area contributed by atoms with Crippen LogP contribution in [0.4, 0.5) is 0 Å². The lowest BCUT2D eigenvalue weighted by molar-refractivity contribution is 1.15. The van der Waals surface area contributed by atoms with Gasteiger partial charge in [0.05, 0.1) is 0 Å². The molecule has 0 spiro atoms. The zero-order valence-electron chi connectivity index (χ0n) is 5.75. The third-order valence-electron chi connectivity index (χ3n) is 1.03. The van der Waals surface area contributed by atoms with Crippen molar-refractivity contribution in [1.29, 1.82) is 0 Å². The number of H-pyrrole nitrogens is 1. The third-order valence-corrected chi connectivity index (χ3v) is 3.61. The Bertz CT molecular complexity index is 110. The molecule has 56 valence electrons. The van der Waals surface area contributed by atoms with E-state index in [-0.39, 0.29) is 0 Å². The summed E-state index contributed by atoms with van der Waals surface area (Å²) < 4.78 is 0. The summed E-state index contributed by atoms with van der Waals surface area (Å²) in [5, 5.41) is 0. The summed E-state index contributed by atoms with van der Waals surface area (Å²) in [7, 11) is 3.98. The van der Waals surface area contributed by atoms with Crippen LogP contribution < -0.4 is 0 Å². The van der Waals surface area contributed by atoms with Gasteiger partial charge in [-0.3, -0.25) is 0 Å². The van der Waals surface area contributed by atoms with Gasteiger partial charge in [0, 0.05) is 23.9 Å². The minimum Gasteiger partial charge on any atom is -0.368 e. The van der Waals surface area contributed by atoms with E-state index in [0.29, 0.717) is 0 Å². The molecule has 0 unspecified atom stereocenters. The molecule has 1 aliphatic heterocycles. The van der Waals surface area contributed by atoms with Crippen LogP contribution in [0.3, 0.4) is 0 Å². The van der Waals surface area contributed by atoms with E-state index in [2.05, 4.69) is 4.98 Å². The molecule has 2 rings (SSSR count). The van der Waals surface area contributed by atoms with E-state index < -0.39 is 0 Å². The van der Waals surface area contributed by atoms with E-state index in [0.717, 1.165) is 0 Å². The molecule has 1 aromatic heterocycles. The van der Waals surface area contributed by atoms with Crippen LogP contribution >= 0.6 is 21.6 Å². The van der Waals surface area contributed by atoms with Gasteiger partial charge in [-0.2, -0.15) is 0 Å². The average molecular weight is 173 g/mol. The minimum atomic E-state index is 1.38. The molecule has 1 saturated heterocycles.